The number of amides is 2. The molecule has 6 nitrogen and oxygen atoms in total. The maximum Gasteiger partial charge on any atom is 0.254 e. The van der Waals surface area contributed by atoms with E-state index in [9.17, 15) is 9.59 Å². The van der Waals surface area contributed by atoms with Gasteiger partial charge in [0.2, 0.25) is 12.7 Å². The van der Waals surface area contributed by atoms with Crippen molar-refractivity contribution in [1.29, 1.82) is 0 Å². The molecular formula is C27H26N2O4. The summed E-state index contributed by atoms with van der Waals surface area (Å²) in [6.07, 6.45) is 1.18. The first-order chi connectivity index (χ1) is 16.1. The molecule has 0 aliphatic carbocycles. The van der Waals surface area contributed by atoms with Crippen molar-refractivity contribution in [1.82, 2.24) is 10.2 Å². The van der Waals surface area contributed by atoms with E-state index in [1.807, 2.05) is 24.3 Å². The van der Waals surface area contributed by atoms with Crippen molar-refractivity contribution in [3.8, 4) is 22.6 Å². The zero-order valence-corrected chi connectivity index (χ0v) is 18.5. The van der Waals surface area contributed by atoms with Crippen LogP contribution in [0.5, 0.6) is 11.5 Å². The molecule has 2 amide bonds. The van der Waals surface area contributed by atoms with Crippen molar-refractivity contribution in [2.24, 2.45) is 5.41 Å². The molecule has 0 unspecified atom stereocenters. The first kappa shape index (κ1) is 21.1. The molecule has 168 valence electrons. The van der Waals surface area contributed by atoms with Crippen LogP contribution in [0.2, 0.25) is 0 Å². The summed E-state index contributed by atoms with van der Waals surface area (Å²) in [6.45, 7) is 1.06. The molecule has 0 radical (unpaired) electrons. The molecule has 2 aliphatic rings. The normalized spacial score (nSPS) is 18.9. The predicted molar refractivity (Wildman–Crippen MR) is 125 cm³/mol. The summed E-state index contributed by atoms with van der Waals surface area (Å²) in [5.74, 6) is 1.09. The van der Waals surface area contributed by atoms with Crippen LogP contribution < -0.4 is 14.8 Å². The quantitative estimate of drug-likeness (QED) is 0.651. The molecule has 5 rings (SSSR count). The van der Waals surface area contributed by atoms with Gasteiger partial charge in [0, 0.05) is 25.7 Å². The number of nitrogens with zero attached hydrogens (tertiary/aromatic N) is 1. The number of likely N-dealkylation sites (tertiary alicyclic amines) is 1. The van der Waals surface area contributed by atoms with Crippen LogP contribution in [0.4, 0.5) is 0 Å². The maximum absolute atomic E-state index is 13.2. The van der Waals surface area contributed by atoms with Crippen LogP contribution in [-0.4, -0.2) is 43.6 Å². The van der Waals surface area contributed by atoms with Crippen LogP contribution in [0, 0.1) is 5.41 Å². The molecule has 0 spiro atoms. The summed E-state index contributed by atoms with van der Waals surface area (Å²) in [7, 11) is 1.66. The van der Waals surface area contributed by atoms with Gasteiger partial charge in [-0.05, 0) is 47.7 Å². The van der Waals surface area contributed by atoms with E-state index in [2.05, 4.69) is 35.6 Å². The van der Waals surface area contributed by atoms with Crippen LogP contribution in [0.15, 0.2) is 72.8 Å². The average molecular weight is 443 g/mol. The Morgan fingerprint density at radius 1 is 0.939 bits per heavy atom. The third-order valence-electron chi connectivity index (χ3n) is 6.55. The lowest BCUT2D eigenvalue weighted by Crippen LogP contribution is -2.44. The Morgan fingerprint density at radius 3 is 2.55 bits per heavy atom. The van der Waals surface area contributed by atoms with Gasteiger partial charge in [-0.3, -0.25) is 9.59 Å². The summed E-state index contributed by atoms with van der Waals surface area (Å²) < 4.78 is 10.8. The van der Waals surface area contributed by atoms with Gasteiger partial charge < -0.3 is 19.7 Å². The van der Waals surface area contributed by atoms with Gasteiger partial charge in [0.15, 0.2) is 11.5 Å². The summed E-state index contributed by atoms with van der Waals surface area (Å²) in [4.78, 5) is 28.1. The topological polar surface area (TPSA) is 67.9 Å². The van der Waals surface area contributed by atoms with E-state index in [1.54, 1.807) is 30.1 Å². The third kappa shape index (κ3) is 4.04. The largest absolute Gasteiger partial charge is 0.454 e. The molecule has 2 heterocycles. The standard InChI is InChI=1S/C27H26N2O4/c1-28-26(31)27(16-19-6-5-9-21(14-19)20-7-3-2-4-8-20)12-13-29(17-27)25(30)22-10-11-23-24(15-22)33-18-32-23/h2-11,14-15H,12-13,16-18H2,1H3,(H,28,31)/t27-/m0/s1. The highest BCUT2D eigenvalue weighted by Gasteiger charge is 2.45. The Balaban J connectivity index is 1.38. The van der Waals surface area contributed by atoms with E-state index in [1.165, 1.54) is 0 Å². The van der Waals surface area contributed by atoms with Gasteiger partial charge >= 0.3 is 0 Å². The van der Waals surface area contributed by atoms with Crippen molar-refractivity contribution in [3.63, 3.8) is 0 Å². The number of hydrogen-bond acceptors (Lipinski definition) is 4. The van der Waals surface area contributed by atoms with Gasteiger partial charge in [-0.1, -0.05) is 54.6 Å². The molecule has 1 atom stereocenters. The van der Waals surface area contributed by atoms with Crippen molar-refractivity contribution >= 4 is 11.8 Å². The highest BCUT2D eigenvalue weighted by atomic mass is 16.7. The second kappa shape index (κ2) is 8.62. The van der Waals surface area contributed by atoms with Gasteiger partial charge in [-0.2, -0.15) is 0 Å². The highest BCUT2D eigenvalue weighted by molar-refractivity contribution is 5.96. The Hall–Kier alpha value is -3.80. The van der Waals surface area contributed by atoms with Crippen LogP contribution in [0.1, 0.15) is 22.3 Å². The van der Waals surface area contributed by atoms with E-state index < -0.39 is 5.41 Å². The molecule has 0 aromatic heterocycles. The lowest BCUT2D eigenvalue weighted by molar-refractivity contribution is -0.129. The number of carbonyl (C=O) groups excluding carboxylic acids is 2. The Labute approximate surface area is 193 Å². The Bertz CT molecular complexity index is 1190. The summed E-state index contributed by atoms with van der Waals surface area (Å²) in [6, 6.07) is 23.7. The number of rotatable bonds is 5. The summed E-state index contributed by atoms with van der Waals surface area (Å²) in [5, 5.41) is 2.83. The first-order valence-corrected chi connectivity index (χ1v) is 11.1. The van der Waals surface area contributed by atoms with Gasteiger partial charge in [-0.15, -0.1) is 0 Å². The van der Waals surface area contributed by atoms with Crippen molar-refractivity contribution in [2.75, 3.05) is 26.9 Å². The number of fused-ring (bicyclic) bond motifs is 1. The van der Waals surface area contributed by atoms with E-state index in [-0.39, 0.29) is 18.6 Å². The lowest BCUT2D eigenvalue weighted by atomic mass is 9.79. The molecule has 33 heavy (non-hydrogen) atoms. The van der Waals surface area contributed by atoms with Crippen molar-refractivity contribution in [2.45, 2.75) is 12.8 Å². The van der Waals surface area contributed by atoms with E-state index in [4.69, 9.17) is 9.47 Å². The minimum absolute atomic E-state index is 0.0337. The molecule has 1 N–H and O–H groups in total. The number of carbonyl (C=O) groups is 2. The second-order valence-electron chi connectivity index (χ2n) is 8.65. The number of nitrogens with one attached hydrogen (secondary N) is 1. The molecule has 2 aliphatic heterocycles. The molecule has 1 fully saturated rings. The number of benzene rings is 3. The highest BCUT2D eigenvalue weighted by Crippen LogP contribution is 2.38. The minimum atomic E-state index is -0.671. The summed E-state index contributed by atoms with van der Waals surface area (Å²) >= 11 is 0. The predicted octanol–water partition coefficient (Wildman–Crippen LogP) is 3.90. The zero-order valence-electron chi connectivity index (χ0n) is 18.5. The SMILES string of the molecule is CNC(=O)[C@]1(Cc2cccc(-c3ccccc3)c2)CCN(C(=O)c2ccc3c(c2)OCO3)C1. The monoisotopic (exact) mass is 442 g/mol. The van der Waals surface area contributed by atoms with Gasteiger partial charge in [-0.25, -0.2) is 0 Å². The number of hydrogen-bond donors (Lipinski definition) is 1. The van der Waals surface area contributed by atoms with Crippen molar-refractivity contribution in [3.05, 3.63) is 83.9 Å². The zero-order chi connectivity index (χ0) is 22.8. The fourth-order valence-electron chi connectivity index (χ4n) is 4.82. The molecule has 6 heteroatoms. The third-order valence-corrected chi connectivity index (χ3v) is 6.55. The molecule has 0 bridgehead atoms. The van der Waals surface area contributed by atoms with Gasteiger partial charge in [0.05, 0.1) is 5.41 Å². The molecule has 0 saturated carbocycles. The molecule has 3 aromatic rings. The Kier molecular flexibility index (Phi) is 5.50. The smallest absolute Gasteiger partial charge is 0.254 e. The van der Waals surface area contributed by atoms with Crippen molar-refractivity contribution < 1.29 is 19.1 Å². The van der Waals surface area contributed by atoms with E-state index >= 15 is 0 Å². The van der Waals surface area contributed by atoms with Gasteiger partial charge in [0.25, 0.3) is 5.91 Å². The summed E-state index contributed by atoms with van der Waals surface area (Å²) in [5.41, 5.74) is 3.21. The average Bonchev–Trinajstić information content (AvgIpc) is 3.51. The van der Waals surface area contributed by atoms with Gasteiger partial charge in [0.1, 0.15) is 0 Å². The van der Waals surface area contributed by atoms with E-state index in [0.29, 0.717) is 43.0 Å². The minimum Gasteiger partial charge on any atom is -0.454 e. The fourth-order valence-corrected chi connectivity index (χ4v) is 4.82. The number of ether oxygens (including phenoxy) is 2. The lowest BCUT2D eigenvalue weighted by Gasteiger charge is -2.28. The molecule has 3 aromatic carbocycles. The fraction of sp³-hybridized carbons (Fsp3) is 0.259. The van der Waals surface area contributed by atoms with Crippen LogP contribution in [0.3, 0.4) is 0 Å². The second-order valence-corrected chi connectivity index (χ2v) is 8.65. The van der Waals surface area contributed by atoms with Crippen LogP contribution in [0.25, 0.3) is 11.1 Å². The van der Waals surface area contributed by atoms with Crippen LogP contribution in [-0.2, 0) is 11.2 Å². The van der Waals surface area contributed by atoms with Crippen LogP contribution >= 0.6 is 0 Å². The molecule has 1 saturated heterocycles. The maximum atomic E-state index is 13.2. The van der Waals surface area contributed by atoms with E-state index in [0.717, 1.165) is 16.7 Å². The first-order valence-electron chi connectivity index (χ1n) is 11.1. The Morgan fingerprint density at radius 2 is 1.73 bits per heavy atom. The molecular weight excluding hydrogens is 416 g/mol.